The number of hydrogen-bond donors (Lipinski definition) is 2. The summed E-state index contributed by atoms with van der Waals surface area (Å²) < 4.78 is 13.5. The van der Waals surface area contributed by atoms with Crippen LogP contribution in [-0.4, -0.2) is 11.0 Å². The first kappa shape index (κ1) is 13.4. The molecule has 0 aliphatic carbocycles. The Kier molecular flexibility index (Phi) is 3.71. The van der Waals surface area contributed by atoms with Gasteiger partial charge in [0.1, 0.15) is 17.1 Å². The summed E-state index contributed by atoms with van der Waals surface area (Å²) in [7, 11) is 0. The van der Waals surface area contributed by atoms with E-state index < -0.39 is 23.0 Å². The number of nitrogens with one attached hydrogen (secondary N) is 1. The molecule has 0 aromatic heterocycles. The fourth-order valence-corrected chi connectivity index (χ4v) is 1.93. The van der Waals surface area contributed by atoms with E-state index >= 15 is 0 Å². The number of phenolic OH excluding ortho intramolecular Hbond substituents is 1. The smallest absolute Gasteiger partial charge is 0.262 e. The van der Waals surface area contributed by atoms with Crippen molar-refractivity contribution in [3.8, 4) is 5.75 Å². The number of benzene rings is 2. The van der Waals surface area contributed by atoms with Gasteiger partial charge in [0.2, 0.25) is 0 Å². The Hall–Kier alpha value is -2.07. The fourth-order valence-electron chi connectivity index (χ4n) is 1.64. The van der Waals surface area contributed by atoms with Crippen LogP contribution in [0.5, 0.6) is 5.75 Å². The van der Waals surface area contributed by atoms with Crippen molar-refractivity contribution in [3.05, 3.63) is 58.4 Å². The van der Waals surface area contributed by atoms with E-state index in [4.69, 9.17) is 11.6 Å². The van der Waals surface area contributed by atoms with Gasteiger partial charge in [0.05, 0.1) is 10.7 Å². The summed E-state index contributed by atoms with van der Waals surface area (Å²) >= 11 is 5.97. The molecule has 0 saturated carbocycles. The number of rotatable bonds is 2. The van der Waals surface area contributed by atoms with Crippen LogP contribution >= 0.6 is 11.6 Å². The fraction of sp³-hybridized carbons (Fsp3) is 0.0714. The Morgan fingerprint density at radius 1 is 1.32 bits per heavy atom. The monoisotopic (exact) mass is 279 g/mol. The molecule has 0 aliphatic rings. The highest BCUT2D eigenvalue weighted by Crippen LogP contribution is 2.25. The largest absolute Gasteiger partial charge is 0.507 e. The van der Waals surface area contributed by atoms with Gasteiger partial charge in [0.15, 0.2) is 0 Å². The number of phenols is 1. The number of carbonyl (C=O) groups excluding carboxylic acids is 1. The Balaban J connectivity index is 2.31. The summed E-state index contributed by atoms with van der Waals surface area (Å²) in [5.74, 6) is -1.96. The van der Waals surface area contributed by atoms with Crippen LogP contribution in [0.25, 0.3) is 0 Å². The highest BCUT2D eigenvalue weighted by molar-refractivity contribution is 6.34. The quantitative estimate of drug-likeness (QED) is 0.880. The summed E-state index contributed by atoms with van der Waals surface area (Å²) in [6.07, 6.45) is 0. The van der Waals surface area contributed by atoms with Crippen molar-refractivity contribution in [2.75, 3.05) is 5.32 Å². The molecule has 19 heavy (non-hydrogen) atoms. The molecule has 0 fully saturated rings. The lowest BCUT2D eigenvalue weighted by Gasteiger charge is -2.09. The van der Waals surface area contributed by atoms with Gasteiger partial charge in [-0.15, -0.1) is 0 Å². The molecule has 0 atom stereocenters. The normalized spacial score (nSPS) is 10.3. The molecule has 1 amide bonds. The van der Waals surface area contributed by atoms with E-state index in [0.717, 1.165) is 11.6 Å². The number of hydrogen-bond acceptors (Lipinski definition) is 2. The Morgan fingerprint density at radius 3 is 2.68 bits per heavy atom. The Morgan fingerprint density at radius 2 is 2.05 bits per heavy atom. The third kappa shape index (κ3) is 2.85. The molecule has 3 nitrogen and oxygen atoms in total. The molecule has 98 valence electrons. The van der Waals surface area contributed by atoms with Crippen LogP contribution in [0, 0.1) is 12.7 Å². The number of anilines is 1. The van der Waals surface area contributed by atoms with Gasteiger partial charge in [0, 0.05) is 0 Å². The zero-order valence-electron chi connectivity index (χ0n) is 10.1. The van der Waals surface area contributed by atoms with Crippen LogP contribution in [0.1, 0.15) is 15.9 Å². The zero-order chi connectivity index (χ0) is 14.0. The van der Waals surface area contributed by atoms with Crippen molar-refractivity contribution in [2.24, 2.45) is 0 Å². The second-order valence-corrected chi connectivity index (χ2v) is 4.48. The summed E-state index contributed by atoms with van der Waals surface area (Å²) in [6.45, 7) is 1.86. The van der Waals surface area contributed by atoms with Crippen molar-refractivity contribution in [1.29, 1.82) is 0 Å². The first-order valence-electron chi connectivity index (χ1n) is 5.54. The zero-order valence-corrected chi connectivity index (χ0v) is 10.8. The second kappa shape index (κ2) is 5.28. The minimum Gasteiger partial charge on any atom is -0.507 e. The molecule has 2 aromatic rings. The van der Waals surface area contributed by atoms with Gasteiger partial charge in [0.25, 0.3) is 5.91 Å². The number of aryl methyl sites for hydroxylation is 1. The minimum absolute atomic E-state index is 0.351. The summed E-state index contributed by atoms with van der Waals surface area (Å²) in [5.41, 5.74) is 0.899. The molecule has 2 N–H and O–H groups in total. The van der Waals surface area contributed by atoms with Crippen LogP contribution < -0.4 is 5.32 Å². The van der Waals surface area contributed by atoms with Gasteiger partial charge in [-0.1, -0.05) is 23.7 Å². The van der Waals surface area contributed by atoms with Crippen LogP contribution in [0.3, 0.4) is 0 Å². The van der Waals surface area contributed by atoms with Crippen molar-refractivity contribution >= 4 is 23.2 Å². The third-order valence-electron chi connectivity index (χ3n) is 2.59. The Labute approximate surface area is 114 Å². The highest BCUT2D eigenvalue weighted by Gasteiger charge is 2.17. The van der Waals surface area contributed by atoms with E-state index in [1.807, 2.05) is 6.92 Å². The van der Waals surface area contributed by atoms with E-state index in [1.165, 1.54) is 12.1 Å². The van der Waals surface area contributed by atoms with Crippen molar-refractivity contribution < 1.29 is 14.3 Å². The predicted octanol–water partition coefficient (Wildman–Crippen LogP) is 3.75. The molecule has 0 saturated heterocycles. The molecule has 5 heteroatoms. The van der Waals surface area contributed by atoms with Crippen LogP contribution in [-0.2, 0) is 0 Å². The van der Waals surface area contributed by atoms with Crippen molar-refractivity contribution in [3.63, 3.8) is 0 Å². The molecule has 0 heterocycles. The summed E-state index contributed by atoms with van der Waals surface area (Å²) in [5, 5.41) is 12.3. The van der Waals surface area contributed by atoms with E-state index in [0.29, 0.717) is 10.7 Å². The molecule has 2 aromatic carbocycles. The molecule has 0 aliphatic heterocycles. The topological polar surface area (TPSA) is 49.3 Å². The lowest BCUT2D eigenvalue weighted by Crippen LogP contribution is -2.14. The number of amides is 1. The maximum atomic E-state index is 13.5. The number of carbonyl (C=O) groups is 1. The molecular weight excluding hydrogens is 269 g/mol. The lowest BCUT2D eigenvalue weighted by atomic mass is 10.1. The average Bonchev–Trinajstić information content (AvgIpc) is 2.32. The Bertz CT molecular complexity index is 623. The van der Waals surface area contributed by atoms with E-state index in [-0.39, 0.29) is 0 Å². The van der Waals surface area contributed by atoms with Crippen LogP contribution in [0.4, 0.5) is 10.1 Å². The first-order valence-corrected chi connectivity index (χ1v) is 5.92. The van der Waals surface area contributed by atoms with Crippen molar-refractivity contribution in [1.82, 2.24) is 0 Å². The van der Waals surface area contributed by atoms with Gasteiger partial charge < -0.3 is 10.4 Å². The molecular formula is C14H11ClFNO2. The van der Waals surface area contributed by atoms with Crippen molar-refractivity contribution in [2.45, 2.75) is 6.92 Å². The van der Waals surface area contributed by atoms with E-state index in [1.54, 1.807) is 18.2 Å². The van der Waals surface area contributed by atoms with Gasteiger partial charge in [-0.25, -0.2) is 4.39 Å². The third-order valence-corrected chi connectivity index (χ3v) is 2.90. The maximum absolute atomic E-state index is 13.5. The predicted molar refractivity (Wildman–Crippen MR) is 72.2 cm³/mol. The van der Waals surface area contributed by atoms with Gasteiger partial charge in [-0.2, -0.15) is 0 Å². The molecule has 0 unspecified atom stereocenters. The van der Waals surface area contributed by atoms with Gasteiger partial charge in [-0.3, -0.25) is 4.79 Å². The molecule has 0 bridgehead atoms. The summed E-state index contributed by atoms with van der Waals surface area (Å²) in [4.78, 5) is 11.9. The average molecular weight is 280 g/mol. The molecule has 2 rings (SSSR count). The molecule has 0 radical (unpaired) electrons. The van der Waals surface area contributed by atoms with Crippen LogP contribution in [0.15, 0.2) is 36.4 Å². The van der Waals surface area contributed by atoms with Gasteiger partial charge >= 0.3 is 0 Å². The minimum atomic E-state index is -0.791. The lowest BCUT2D eigenvalue weighted by molar-refractivity contribution is 0.102. The highest BCUT2D eigenvalue weighted by atomic mass is 35.5. The van der Waals surface area contributed by atoms with Crippen LogP contribution in [0.2, 0.25) is 5.02 Å². The standard InChI is InChI=1S/C14H11ClFNO2/c1-8-5-6-11(9(15)7-8)17-14(19)13-10(16)3-2-4-12(13)18/h2-7,18H,1H3,(H,17,19). The van der Waals surface area contributed by atoms with E-state index in [9.17, 15) is 14.3 Å². The maximum Gasteiger partial charge on any atom is 0.262 e. The van der Waals surface area contributed by atoms with Gasteiger partial charge in [-0.05, 0) is 36.8 Å². The molecule has 0 spiro atoms. The SMILES string of the molecule is Cc1ccc(NC(=O)c2c(O)cccc2F)c(Cl)c1. The van der Waals surface area contributed by atoms with E-state index in [2.05, 4.69) is 5.32 Å². The number of halogens is 2. The number of aromatic hydroxyl groups is 1. The first-order chi connectivity index (χ1) is 8.99. The second-order valence-electron chi connectivity index (χ2n) is 4.07. The summed E-state index contributed by atoms with van der Waals surface area (Å²) in [6, 6.07) is 8.73.